The standard InChI is InChI=1S/C14H10FN5/c15-9-5-7-10(8-6-9)16-13-18-14-17-11-3-1-2-4-12(11)20(14)19-13/h1-8H,(H2,16,17,18,19). The van der Waals surface area contributed by atoms with Crippen molar-refractivity contribution in [3.05, 3.63) is 54.3 Å². The summed E-state index contributed by atoms with van der Waals surface area (Å²) in [4.78, 5) is 8.77. The number of H-pyrrole nitrogens is 1. The fraction of sp³-hybridized carbons (Fsp3) is 0. The van der Waals surface area contributed by atoms with Gasteiger partial charge in [-0.3, -0.25) is 5.10 Å². The Morgan fingerprint density at radius 3 is 2.65 bits per heavy atom. The summed E-state index contributed by atoms with van der Waals surface area (Å²) in [5.41, 5.74) is 2.61. The van der Waals surface area contributed by atoms with Crippen molar-refractivity contribution in [3.63, 3.8) is 0 Å². The number of hydrogen-bond acceptors (Lipinski definition) is 3. The smallest absolute Gasteiger partial charge is 0.253 e. The summed E-state index contributed by atoms with van der Waals surface area (Å²) < 4.78 is 14.7. The predicted molar refractivity (Wildman–Crippen MR) is 74.5 cm³/mol. The Morgan fingerprint density at radius 2 is 1.80 bits per heavy atom. The van der Waals surface area contributed by atoms with Gasteiger partial charge in [-0.05, 0) is 36.4 Å². The van der Waals surface area contributed by atoms with Crippen molar-refractivity contribution in [2.24, 2.45) is 0 Å². The highest BCUT2D eigenvalue weighted by molar-refractivity contribution is 5.79. The summed E-state index contributed by atoms with van der Waals surface area (Å²) in [5, 5.41) is 6.20. The van der Waals surface area contributed by atoms with Crippen LogP contribution in [0.1, 0.15) is 0 Å². The van der Waals surface area contributed by atoms with Crippen LogP contribution in [0.5, 0.6) is 0 Å². The van der Waals surface area contributed by atoms with Crippen LogP contribution in [-0.2, 0) is 0 Å². The molecule has 2 heterocycles. The lowest BCUT2D eigenvalue weighted by molar-refractivity contribution is 0.628. The maximum absolute atomic E-state index is 12.9. The number of rotatable bonds is 2. The van der Waals surface area contributed by atoms with Gasteiger partial charge < -0.3 is 5.32 Å². The van der Waals surface area contributed by atoms with Gasteiger partial charge in [0.05, 0.1) is 11.0 Å². The van der Waals surface area contributed by atoms with E-state index in [4.69, 9.17) is 0 Å². The number of benzene rings is 2. The second-order valence-corrected chi connectivity index (χ2v) is 4.44. The molecule has 0 amide bonds. The first kappa shape index (κ1) is 11.0. The van der Waals surface area contributed by atoms with Crippen LogP contribution < -0.4 is 5.32 Å². The Balaban J connectivity index is 1.75. The van der Waals surface area contributed by atoms with E-state index in [1.54, 1.807) is 16.6 Å². The summed E-state index contributed by atoms with van der Waals surface area (Å²) >= 11 is 0. The first-order valence-corrected chi connectivity index (χ1v) is 6.15. The van der Waals surface area contributed by atoms with Gasteiger partial charge in [0.2, 0.25) is 5.95 Å². The third-order valence-electron chi connectivity index (χ3n) is 3.08. The fourth-order valence-electron chi connectivity index (χ4n) is 2.16. The zero-order valence-corrected chi connectivity index (χ0v) is 10.3. The van der Waals surface area contributed by atoms with Gasteiger partial charge in [-0.1, -0.05) is 12.1 Å². The number of nitrogens with zero attached hydrogens (tertiary/aromatic N) is 3. The molecule has 0 aliphatic heterocycles. The Hall–Kier alpha value is -2.89. The van der Waals surface area contributed by atoms with E-state index < -0.39 is 0 Å². The molecule has 4 aromatic rings. The second kappa shape index (κ2) is 4.06. The monoisotopic (exact) mass is 267 g/mol. The molecule has 0 atom stereocenters. The maximum atomic E-state index is 12.9. The number of halogens is 1. The van der Waals surface area contributed by atoms with Gasteiger partial charge in [0.1, 0.15) is 5.82 Å². The maximum Gasteiger partial charge on any atom is 0.253 e. The van der Waals surface area contributed by atoms with Gasteiger partial charge in [0, 0.05) is 5.69 Å². The Bertz CT molecular complexity index is 891. The minimum atomic E-state index is -0.268. The van der Waals surface area contributed by atoms with Crippen molar-refractivity contribution in [2.45, 2.75) is 0 Å². The molecular formula is C14H10FN5. The van der Waals surface area contributed by atoms with Gasteiger partial charge in [-0.25, -0.2) is 13.9 Å². The number of hydrogen-bond donors (Lipinski definition) is 2. The zero-order valence-electron chi connectivity index (χ0n) is 10.3. The molecule has 0 unspecified atom stereocenters. The number of nitrogens with one attached hydrogen (secondary N) is 2. The number of imidazole rings is 1. The largest absolute Gasteiger partial charge is 0.325 e. The molecule has 0 saturated heterocycles. The average Bonchev–Trinajstić information content (AvgIpc) is 2.98. The van der Waals surface area contributed by atoms with Crippen LogP contribution >= 0.6 is 0 Å². The van der Waals surface area contributed by atoms with Gasteiger partial charge in [-0.15, -0.1) is 0 Å². The number of para-hydroxylation sites is 2. The summed E-state index contributed by atoms with van der Waals surface area (Å²) in [5.74, 6) is 0.886. The van der Waals surface area contributed by atoms with Gasteiger partial charge in [-0.2, -0.15) is 4.98 Å². The molecule has 0 bridgehead atoms. The van der Waals surface area contributed by atoms with Crippen LogP contribution in [0.25, 0.3) is 16.8 Å². The van der Waals surface area contributed by atoms with E-state index in [2.05, 4.69) is 20.4 Å². The van der Waals surface area contributed by atoms with E-state index in [9.17, 15) is 4.39 Å². The van der Waals surface area contributed by atoms with Crippen molar-refractivity contribution >= 4 is 28.4 Å². The molecule has 5 nitrogen and oxygen atoms in total. The molecule has 2 aromatic heterocycles. The van der Waals surface area contributed by atoms with E-state index in [1.807, 2.05) is 24.3 Å². The normalized spacial score (nSPS) is 11.2. The molecule has 20 heavy (non-hydrogen) atoms. The second-order valence-electron chi connectivity index (χ2n) is 4.44. The van der Waals surface area contributed by atoms with E-state index in [-0.39, 0.29) is 5.82 Å². The Labute approximate surface area is 113 Å². The van der Waals surface area contributed by atoms with Crippen LogP contribution in [0.3, 0.4) is 0 Å². The van der Waals surface area contributed by atoms with Gasteiger partial charge >= 0.3 is 0 Å². The van der Waals surface area contributed by atoms with Crippen molar-refractivity contribution in [1.29, 1.82) is 0 Å². The van der Waals surface area contributed by atoms with Gasteiger partial charge in [0.25, 0.3) is 5.78 Å². The first-order chi connectivity index (χ1) is 9.79. The van der Waals surface area contributed by atoms with Crippen LogP contribution in [-0.4, -0.2) is 19.6 Å². The van der Waals surface area contributed by atoms with Crippen molar-refractivity contribution < 1.29 is 4.39 Å². The number of aromatic amines is 1. The minimum absolute atomic E-state index is 0.268. The molecular weight excluding hydrogens is 257 g/mol. The van der Waals surface area contributed by atoms with Gasteiger partial charge in [0.15, 0.2) is 0 Å². The molecule has 2 N–H and O–H groups in total. The molecule has 0 aliphatic carbocycles. The van der Waals surface area contributed by atoms with E-state index >= 15 is 0 Å². The molecule has 4 rings (SSSR count). The lowest BCUT2D eigenvalue weighted by atomic mass is 10.3. The molecule has 2 aromatic carbocycles. The Morgan fingerprint density at radius 1 is 1.00 bits per heavy atom. The topological polar surface area (TPSA) is 58.0 Å². The van der Waals surface area contributed by atoms with Crippen molar-refractivity contribution in [2.75, 3.05) is 5.32 Å². The lowest BCUT2D eigenvalue weighted by Gasteiger charge is -2.01. The highest BCUT2D eigenvalue weighted by atomic mass is 19.1. The zero-order chi connectivity index (χ0) is 13.5. The highest BCUT2D eigenvalue weighted by Crippen LogP contribution is 2.18. The average molecular weight is 267 g/mol. The first-order valence-electron chi connectivity index (χ1n) is 6.15. The predicted octanol–water partition coefficient (Wildman–Crippen LogP) is 3.09. The quantitative estimate of drug-likeness (QED) is 0.586. The van der Waals surface area contributed by atoms with Crippen LogP contribution in [0, 0.1) is 5.82 Å². The molecule has 0 radical (unpaired) electrons. The molecule has 0 aliphatic rings. The number of anilines is 2. The summed E-state index contributed by atoms with van der Waals surface area (Å²) in [6.07, 6.45) is 0. The third kappa shape index (κ3) is 1.70. The number of aromatic nitrogens is 4. The number of fused-ring (bicyclic) bond motifs is 3. The summed E-state index contributed by atoms with van der Waals surface area (Å²) in [7, 11) is 0. The molecule has 0 fully saturated rings. The van der Waals surface area contributed by atoms with Crippen molar-refractivity contribution in [1.82, 2.24) is 19.6 Å². The summed E-state index contributed by atoms with van der Waals surface area (Å²) in [6.45, 7) is 0. The third-order valence-corrected chi connectivity index (χ3v) is 3.08. The van der Waals surface area contributed by atoms with Crippen LogP contribution in [0.15, 0.2) is 48.5 Å². The molecule has 6 heteroatoms. The van der Waals surface area contributed by atoms with E-state index in [1.165, 1.54) is 12.1 Å². The van der Waals surface area contributed by atoms with E-state index in [0.29, 0.717) is 11.7 Å². The fourth-order valence-corrected chi connectivity index (χ4v) is 2.16. The lowest BCUT2D eigenvalue weighted by Crippen LogP contribution is -1.93. The molecule has 0 spiro atoms. The minimum Gasteiger partial charge on any atom is -0.325 e. The van der Waals surface area contributed by atoms with Crippen LogP contribution in [0.4, 0.5) is 16.0 Å². The molecule has 98 valence electrons. The summed E-state index contributed by atoms with van der Waals surface area (Å²) in [6, 6.07) is 13.9. The highest BCUT2D eigenvalue weighted by Gasteiger charge is 2.08. The SMILES string of the molecule is Fc1ccc(Nc2nc3nc4ccccc4n3[nH]2)cc1. The Kier molecular flexibility index (Phi) is 2.23. The molecule has 0 saturated carbocycles. The van der Waals surface area contributed by atoms with Crippen LogP contribution in [0.2, 0.25) is 0 Å². The van der Waals surface area contributed by atoms with E-state index in [0.717, 1.165) is 16.7 Å². The van der Waals surface area contributed by atoms with Crippen molar-refractivity contribution in [3.8, 4) is 0 Å².